The minimum absolute atomic E-state index is 0.696. The van der Waals surface area contributed by atoms with Gasteiger partial charge in [0.1, 0.15) is 0 Å². The van der Waals surface area contributed by atoms with Crippen LogP contribution >= 0.6 is 0 Å². The monoisotopic (exact) mass is 224 g/mol. The van der Waals surface area contributed by atoms with Gasteiger partial charge in [0.15, 0.2) is 0 Å². The van der Waals surface area contributed by atoms with Crippen molar-refractivity contribution in [2.45, 2.75) is 38.3 Å². The average molecular weight is 224 g/mol. The second kappa shape index (κ2) is 5.80. The summed E-state index contributed by atoms with van der Waals surface area (Å²) in [6.45, 7) is 10.9. The summed E-state index contributed by atoms with van der Waals surface area (Å²) in [7, 11) is 0. The molecule has 3 nitrogen and oxygen atoms in total. The van der Waals surface area contributed by atoms with E-state index in [1.807, 2.05) is 6.92 Å². The van der Waals surface area contributed by atoms with Crippen molar-refractivity contribution < 1.29 is 4.74 Å². The van der Waals surface area contributed by atoms with Gasteiger partial charge in [-0.05, 0) is 32.7 Å². The van der Waals surface area contributed by atoms with Crippen molar-refractivity contribution in [1.82, 2.24) is 10.2 Å². The molecule has 0 bridgehead atoms. The Labute approximate surface area is 98.8 Å². The molecule has 1 N–H and O–H groups in total. The highest BCUT2D eigenvalue weighted by Gasteiger charge is 2.36. The van der Waals surface area contributed by atoms with Crippen LogP contribution in [-0.2, 0) is 4.74 Å². The van der Waals surface area contributed by atoms with Gasteiger partial charge in [-0.1, -0.05) is 12.2 Å². The molecule has 0 aliphatic carbocycles. The molecule has 0 radical (unpaired) electrons. The van der Waals surface area contributed by atoms with Crippen LogP contribution in [0.5, 0.6) is 0 Å². The Balaban J connectivity index is 1.58. The van der Waals surface area contributed by atoms with Gasteiger partial charge in [-0.15, -0.1) is 0 Å². The van der Waals surface area contributed by atoms with Crippen LogP contribution in [0, 0.1) is 0 Å². The Kier molecular flexibility index (Phi) is 4.38. The van der Waals surface area contributed by atoms with Crippen LogP contribution in [0.4, 0.5) is 0 Å². The van der Waals surface area contributed by atoms with Crippen molar-refractivity contribution in [3.8, 4) is 0 Å². The highest BCUT2D eigenvalue weighted by Crippen LogP contribution is 2.27. The van der Waals surface area contributed by atoms with Crippen molar-refractivity contribution in [2.24, 2.45) is 0 Å². The Morgan fingerprint density at radius 2 is 2.31 bits per heavy atom. The van der Waals surface area contributed by atoms with E-state index in [-0.39, 0.29) is 0 Å². The number of hydrogen-bond acceptors (Lipinski definition) is 3. The summed E-state index contributed by atoms with van der Waals surface area (Å²) in [5, 5.41) is 3.63. The standard InChI is InChI=1S/C13H24N2O/c1-11(2)10-16-9-6-14-12-5-8-15-7-3-4-13(12)15/h12-14H,1,3-10H2,2H3. The molecule has 0 spiro atoms. The SMILES string of the molecule is C=C(C)COCCNC1CCN2CCCC12. The maximum atomic E-state index is 5.49. The van der Waals surface area contributed by atoms with Crippen LogP contribution < -0.4 is 5.32 Å². The summed E-state index contributed by atoms with van der Waals surface area (Å²) in [6.07, 6.45) is 4.07. The smallest absolute Gasteiger partial charge is 0.0672 e. The fourth-order valence-electron chi connectivity index (χ4n) is 2.88. The van der Waals surface area contributed by atoms with Gasteiger partial charge >= 0.3 is 0 Å². The summed E-state index contributed by atoms with van der Waals surface area (Å²) in [5.41, 5.74) is 1.10. The van der Waals surface area contributed by atoms with Gasteiger partial charge in [0.2, 0.25) is 0 Å². The number of fused-ring (bicyclic) bond motifs is 1. The van der Waals surface area contributed by atoms with E-state index in [9.17, 15) is 0 Å². The minimum Gasteiger partial charge on any atom is -0.376 e. The van der Waals surface area contributed by atoms with Crippen molar-refractivity contribution in [3.05, 3.63) is 12.2 Å². The van der Waals surface area contributed by atoms with Crippen LogP contribution in [0.25, 0.3) is 0 Å². The predicted molar refractivity (Wildman–Crippen MR) is 66.6 cm³/mol. The maximum absolute atomic E-state index is 5.49. The van der Waals surface area contributed by atoms with Gasteiger partial charge < -0.3 is 10.1 Å². The van der Waals surface area contributed by atoms with E-state index in [0.717, 1.165) is 24.8 Å². The highest BCUT2D eigenvalue weighted by atomic mass is 16.5. The lowest BCUT2D eigenvalue weighted by atomic mass is 10.1. The van der Waals surface area contributed by atoms with Gasteiger partial charge in [-0.2, -0.15) is 0 Å². The Hall–Kier alpha value is -0.380. The van der Waals surface area contributed by atoms with Gasteiger partial charge in [-0.3, -0.25) is 4.90 Å². The van der Waals surface area contributed by atoms with Gasteiger partial charge in [0.25, 0.3) is 0 Å². The molecular weight excluding hydrogens is 200 g/mol. The molecular formula is C13H24N2O. The highest BCUT2D eigenvalue weighted by molar-refractivity contribution is 4.95. The molecule has 3 heteroatoms. The van der Waals surface area contributed by atoms with Crippen LogP contribution in [0.3, 0.4) is 0 Å². The Morgan fingerprint density at radius 3 is 3.12 bits per heavy atom. The van der Waals surface area contributed by atoms with Crippen LogP contribution in [-0.4, -0.2) is 49.8 Å². The topological polar surface area (TPSA) is 24.5 Å². The third kappa shape index (κ3) is 3.06. The molecule has 16 heavy (non-hydrogen) atoms. The first-order valence-electron chi connectivity index (χ1n) is 6.47. The molecule has 2 unspecified atom stereocenters. The number of nitrogens with zero attached hydrogens (tertiary/aromatic N) is 1. The lowest BCUT2D eigenvalue weighted by molar-refractivity contribution is 0.153. The molecule has 0 saturated carbocycles. The third-order valence-corrected chi connectivity index (χ3v) is 3.61. The number of rotatable bonds is 6. The lowest BCUT2D eigenvalue weighted by Crippen LogP contribution is -2.40. The predicted octanol–water partition coefficient (Wildman–Crippen LogP) is 1.41. The normalized spacial score (nSPS) is 29.6. The van der Waals surface area contributed by atoms with E-state index in [1.165, 1.54) is 32.4 Å². The first-order valence-corrected chi connectivity index (χ1v) is 6.47. The largest absolute Gasteiger partial charge is 0.376 e. The second-order valence-corrected chi connectivity index (χ2v) is 5.10. The molecule has 0 aromatic rings. The first kappa shape index (κ1) is 12.1. The zero-order chi connectivity index (χ0) is 11.4. The minimum atomic E-state index is 0.696. The molecule has 2 aliphatic heterocycles. The van der Waals surface area contributed by atoms with Crippen molar-refractivity contribution in [1.29, 1.82) is 0 Å². The van der Waals surface area contributed by atoms with Gasteiger partial charge in [-0.25, -0.2) is 0 Å². The fourth-order valence-corrected chi connectivity index (χ4v) is 2.88. The van der Waals surface area contributed by atoms with E-state index in [4.69, 9.17) is 4.74 Å². The molecule has 0 aromatic carbocycles. The molecule has 2 rings (SSSR count). The first-order chi connectivity index (χ1) is 7.77. The number of hydrogen-bond donors (Lipinski definition) is 1. The average Bonchev–Trinajstić information content (AvgIpc) is 2.80. The van der Waals surface area contributed by atoms with Crippen molar-refractivity contribution in [3.63, 3.8) is 0 Å². The van der Waals surface area contributed by atoms with Crippen LogP contribution in [0.1, 0.15) is 26.2 Å². The number of nitrogens with one attached hydrogen (secondary N) is 1. The number of ether oxygens (including phenoxy) is 1. The second-order valence-electron chi connectivity index (χ2n) is 5.10. The Morgan fingerprint density at radius 1 is 1.44 bits per heavy atom. The van der Waals surface area contributed by atoms with Crippen LogP contribution in [0.15, 0.2) is 12.2 Å². The van der Waals surface area contributed by atoms with E-state index in [0.29, 0.717) is 12.6 Å². The molecule has 2 atom stereocenters. The van der Waals surface area contributed by atoms with Crippen molar-refractivity contribution >= 4 is 0 Å². The summed E-state index contributed by atoms with van der Waals surface area (Å²) >= 11 is 0. The summed E-state index contributed by atoms with van der Waals surface area (Å²) < 4.78 is 5.49. The van der Waals surface area contributed by atoms with E-state index >= 15 is 0 Å². The molecule has 2 fully saturated rings. The van der Waals surface area contributed by atoms with E-state index in [2.05, 4.69) is 16.8 Å². The fraction of sp³-hybridized carbons (Fsp3) is 0.846. The quantitative estimate of drug-likeness (QED) is 0.545. The van der Waals surface area contributed by atoms with E-state index < -0.39 is 0 Å². The van der Waals surface area contributed by atoms with E-state index in [1.54, 1.807) is 0 Å². The lowest BCUT2D eigenvalue weighted by Gasteiger charge is -2.21. The Bertz CT molecular complexity index is 242. The molecule has 2 aliphatic rings. The zero-order valence-electron chi connectivity index (χ0n) is 10.4. The molecule has 2 heterocycles. The summed E-state index contributed by atoms with van der Waals surface area (Å²) in [5.74, 6) is 0. The molecule has 0 aromatic heterocycles. The summed E-state index contributed by atoms with van der Waals surface area (Å²) in [6, 6.07) is 1.51. The summed E-state index contributed by atoms with van der Waals surface area (Å²) in [4.78, 5) is 2.63. The van der Waals surface area contributed by atoms with Gasteiger partial charge in [0, 0.05) is 25.2 Å². The molecule has 2 saturated heterocycles. The molecule has 0 amide bonds. The zero-order valence-corrected chi connectivity index (χ0v) is 10.4. The molecule has 92 valence electrons. The maximum Gasteiger partial charge on any atom is 0.0672 e. The third-order valence-electron chi connectivity index (χ3n) is 3.61. The van der Waals surface area contributed by atoms with Crippen molar-refractivity contribution in [2.75, 3.05) is 32.8 Å². The van der Waals surface area contributed by atoms with Gasteiger partial charge in [0.05, 0.1) is 13.2 Å². The van der Waals surface area contributed by atoms with Crippen LogP contribution in [0.2, 0.25) is 0 Å².